The number of aromatic amines is 1. The lowest BCUT2D eigenvalue weighted by molar-refractivity contribution is 0.902. The third kappa shape index (κ3) is 2.98. The average molecular weight is 269 g/mol. The molecular weight excluding hydrogens is 260 g/mol. The third-order valence-electron chi connectivity index (χ3n) is 1.87. The van der Waals surface area contributed by atoms with Crippen LogP contribution in [0.15, 0.2) is 33.3 Å². The fourth-order valence-electron chi connectivity index (χ4n) is 1.21. The summed E-state index contributed by atoms with van der Waals surface area (Å²) < 4.78 is 0. The summed E-state index contributed by atoms with van der Waals surface area (Å²) in [6, 6.07) is 3.02. The van der Waals surface area contributed by atoms with Crippen molar-refractivity contribution in [3.63, 3.8) is 0 Å². The van der Waals surface area contributed by atoms with Crippen LogP contribution >= 0.6 is 23.4 Å². The van der Waals surface area contributed by atoms with Crippen LogP contribution in [-0.2, 0) is 0 Å². The summed E-state index contributed by atoms with van der Waals surface area (Å²) in [5.41, 5.74) is 6.47. The van der Waals surface area contributed by atoms with Crippen molar-refractivity contribution >= 4 is 29.1 Å². The third-order valence-corrected chi connectivity index (χ3v) is 3.18. The van der Waals surface area contributed by atoms with Crippen molar-refractivity contribution in [3.8, 4) is 0 Å². The number of aromatic nitrogens is 3. The summed E-state index contributed by atoms with van der Waals surface area (Å²) in [5, 5.41) is 1.43. The first-order valence-electron chi connectivity index (χ1n) is 4.71. The minimum absolute atomic E-state index is 0.202. The summed E-state index contributed by atoms with van der Waals surface area (Å²) in [5.74, 6) is 0. The maximum atomic E-state index is 11.3. The van der Waals surface area contributed by atoms with Crippen molar-refractivity contribution in [1.29, 1.82) is 0 Å². The molecule has 2 rings (SSSR count). The van der Waals surface area contributed by atoms with Crippen LogP contribution in [0.2, 0.25) is 5.02 Å². The van der Waals surface area contributed by atoms with Gasteiger partial charge in [-0.05, 0) is 24.8 Å². The van der Waals surface area contributed by atoms with Gasteiger partial charge >= 0.3 is 0 Å². The SMILES string of the molecule is Cc1cc(=O)[nH]c(Sc2ncc(N)cc2Cl)n1. The van der Waals surface area contributed by atoms with E-state index in [9.17, 15) is 4.79 Å². The number of aryl methyl sites for hydroxylation is 1. The van der Waals surface area contributed by atoms with E-state index in [1.165, 1.54) is 24.0 Å². The molecule has 0 bridgehead atoms. The lowest BCUT2D eigenvalue weighted by atomic mass is 10.4. The molecule has 88 valence electrons. The quantitative estimate of drug-likeness (QED) is 0.812. The molecule has 3 N–H and O–H groups in total. The Hall–Kier alpha value is -1.53. The molecular formula is C10H9ClN4OS. The molecule has 0 saturated carbocycles. The van der Waals surface area contributed by atoms with E-state index in [4.69, 9.17) is 17.3 Å². The molecule has 0 aromatic carbocycles. The zero-order valence-corrected chi connectivity index (χ0v) is 10.5. The Balaban J connectivity index is 2.34. The highest BCUT2D eigenvalue weighted by Gasteiger charge is 2.07. The summed E-state index contributed by atoms with van der Waals surface area (Å²) in [4.78, 5) is 22.1. The zero-order chi connectivity index (χ0) is 12.4. The lowest BCUT2D eigenvalue weighted by Crippen LogP contribution is -2.08. The number of nitrogens with one attached hydrogen (secondary N) is 1. The Morgan fingerprint density at radius 2 is 2.24 bits per heavy atom. The Kier molecular flexibility index (Phi) is 3.35. The number of H-pyrrole nitrogens is 1. The molecule has 0 aliphatic heterocycles. The molecule has 0 saturated heterocycles. The maximum absolute atomic E-state index is 11.3. The van der Waals surface area contributed by atoms with Gasteiger partial charge in [-0.25, -0.2) is 9.97 Å². The monoisotopic (exact) mass is 268 g/mol. The van der Waals surface area contributed by atoms with Crippen molar-refractivity contribution in [3.05, 3.63) is 39.4 Å². The van der Waals surface area contributed by atoms with Crippen LogP contribution in [0, 0.1) is 6.92 Å². The van der Waals surface area contributed by atoms with E-state index in [0.29, 0.717) is 26.6 Å². The molecule has 2 aromatic rings. The predicted molar refractivity (Wildman–Crippen MR) is 67.4 cm³/mol. The summed E-state index contributed by atoms with van der Waals surface area (Å²) in [6.07, 6.45) is 1.50. The number of nitrogens with two attached hydrogens (primary N) is 1. The lowest BCUT2D eigenvalue weighted by Gasteiger charge is -2.03. The van der Waals surface area contributed by atoms with Gasteiger partial charge in [0.05, 0.1) is 16.9 Å². The molecule has 0 aliphatic rings. The normalized spacial score (nSPS) is 10.5. The first-order valence-corrected chi connectivity index (χ1v) is 5.91. The Labute approximate surface area is 106 Å². The fraction of sp³-hybridized carbons (Fsp3) is 0.100. The minimum atomic E-state index is -0.202. The van der Waals surface area contributed by atoms with Crippen molar-refractivity contribution in [1.82, 2.24) is 15.0 Å². The van der Waals surface area contributed by atoms with Gasteiger partial charge in [-0.3, -0.25) is 4.79 Å². The highest BCUT2D eigenvalue weighted by molar-refractivity contribution is 7.99. The molecule has 0 atom stereocenters. The highest BCUT2D eigenvalue weighted by atomic mass is 35.5. The van der Waals surface area contributed by atoms with E-state index < -0.39 is 0 Å². The molecule has 0 aliphatic carbocycles. The molecule has 0 radical (unpaired) electrons. The van der Waals surface area contributed by atoms with Crippen molar-refractivity contribution in [2.75, 3.05) is 5.73 Å². The second kappa shape index (κ2) is 4.77. The topological polar surface area (TPSA) is 84.7 Å². The Morgan fingerprint density at radius 3 is 2.88 bits per heavy atom. The minimum Gasteiger partial charge on any atom is -0.397 e. The fourth-order valence-corrected chi connectivity index (χ4v) is 2.28. The highest BCUT2D eigenvalue weighted by Crippen LogP contribution is 2.29. The van der Waals surface area contributed by atoms with Crippen LogP contribution < -0.4 is 11.3 Å². The van der Waals surface area contributed by atoms with E-state index in [-0.39, 0.29) is 5.56 Å². The first-order chi connectivity index (χ1) is 8.04. The first kappa shape index (κ1) is 11.9. The number of hydrogen-bond acceptors (Lipinski definition) is 5. The van der Waals surface area contributed by atoms with Crippen LogP contribution in [0.5, 0.6) is 0 Å². The molecule has 7 heteroatoms. The van der Waals surface area contributed by atoms with E-state index in [1.54, 1.807) is 13.0 Å². The summed E-state index contributed by atoms with van der Waals surface area (Å²) in [6.45, 7) is 1.75. The smallest absolute Gasteiger partial charge is 0.251 e. The van der Waals surface area contributed by atoms with Crippen LogP contribution in [-0.4, -0.2) is 15.0 Å². The number of hydrogen-bond donors (Lipinski definition) is 2. The van der Waals surface area contributed by atoms with Gasteiger partial charge < -0.3 is 10.7 Å². The van der Waals surface area contributed by atoms with Crippen molar-refractivity contribution in [2.45, 2.75) is 17.1 Å². The number of rotatable bonds is 2. The molecule has 0 fully saturated rings. The van der Waals surface area contributed by atoms with Gasteiger partial charge in [-0.2, -0.15) is 0 Å². The molecule has 0 spiro atoms. The number of nitrogen functional groups attached to an aromatic ring is 1. The second-order valence-electron chi connectivity index (χ2n) is 3.35. The van der Waals surface area contributed by atoms with Gasteiger partial charge in [0.15, 0.2) is 5.16 Å². The van der Waals surface area contributed by atoms with Crippen molar-refractivity contribution in [2.24, 2.45) is 0 Å². The number of nitrogens with zero attached hydrogens (tertiary/aromatic N) is 2. The van der Waals surface area contributed by atoms with E-state index in [1.807, 2.05) is 0 Å². The molecule has 2 heterocycles. The van der Waals surface area contributed by atoms with Crippen molar-refractivity contribution < 1.29 is 0 Å². The predicted octanol–water partition coefficient (Wildman–Crippen LogP) is 1.86. The molecule has 2 aromatic heterocycles. The van der Waals surface area contributed by atoms with Crippen LogP contribution in [0.25, 0.3) is 0 Å². The maximum Gasteiger partial charge on any atom is 0.251 e. The van der Waals surface area contributed by atoms with Gasteiger partial charge in [0.25, 0.3) is 5.56 Å². The molecule has 0 amide bonds. The van der Waals surface area contributed by atoms with Gasteiger partial charge in [0.1, 0.15) is 5.03 Å². The number of halogens is 1. The Morgan fingerprint density at radius 1 is 1.47 bits per heavy atom. The summed E-state index contributed by atoms with van der Waals surface area (Å²) >= 11 is 7.16. The van der Waals surface area contributed by atoms with Crippen LogP contribution in [0.4, 0.5) is 5.69 Å². The molecule has 17 heavy (non-hydrogen) atoms. The number of pyridine rings is 1. The van der Waals surface area contributed by atoms with Crippen LogP contribution in [0.1, 0.15) is 5.69 Å². The van der Waals surface area contributed by atoms with Crippen LogP contribution in [0.3, 0.4) is 0 Å². The molecule has 5 nitrogen and oxygen atoms in total. The summed E-state index contributed by atoms with van der Waals surface area (Å²) in [7, 11) is 0. The second-order valence-corrected chi connectivity index (χ2v) is 4.73. The van der Waals surface area contributed by atoms with E-state index >= 15 is 0 Å². The zero-order valence-electron chi connectivity index (χ0n) is 8.90. The molecule has 0 unspecified atom stereocenters. The standard InChI is InChI=1S/C10H9ClN4OS/c1-5-2-8(16)15-10(14-5)17-9-7(11)3-6(12)4-13-9/h2-4H,12H2,1H3,(H,14,15,16). The van der Waals surface area contributed by atoms with Gasteiger partial charge in [-0.15, -0.1) is 0 Å². The van der Waals surface area contributed by atoms with E-state index in [2.05, 4.69) is 15.0 Å². The van der Waals surface area contributed by atoms with Gasteiger partial charge in [0.2, 0.25) is 0 Å². The van der Waals surface area contributed by atoms with E-state index in [0.717, 1.165) is 0 Å². The Bertz CT molecular complexity index is 613. The average Bonchev–Trinajstić information content (AvgIpc) is 2.21. The largest absolute Gasteiger partial charge is 0.397 e. The number of anilines is 1. The van der Waals surface area contributed by atoms with Gasteiger partial charge in [-0.1, -0.05) is 11.6 Å². The van der Waals surface area contributed by atoms with Gasteiger partial charge in [0, 0.05) is 11.8 Å².